The number of phenols is 1. The molecule has 0 unspecified atom stereocenters. The van der Waals surface area contributed by atoms with Gasteiger partial charge in [-0.15, -0.1) is 0 Å². The minimum Gasteiger partial charge on any atom is -0.508 e. The maximum atomic E-state index is 10.9. The molecular formula is C19H19NO4. The van der Waals surface area contributed by atoms with Crippen LogP contribution in [0.1, 0.15) is 17.5 Å². The second-order valence-corrected chi connectivity index (χ2v) is 5.69. The first-order valence-electron chi connectivity index (χ1n) is 7.73. The van der Waals surface area contributed by atoms with Crippen LogP contribution in [0.5, 0.6) is 11.5 Å². The quantitative estimate of drug-likeness (QED) is 0.728. The van der Waals surface area contributed by atoms with Gasteiger partial charge in [0, 0.05) is 29.1 Å². The van der Waals surface area contributed by atoms with E-state index < -0.39 is 5.97 Å². The Hall–Kier alpha value is -2.95. The molecule has 5 nitrogen and oxygen atoms in total. The van der Waals surface area contributed by atoms with Gasteiger partial charge in [0.05, 0.1) is 13.7 Å². The molecule has 0 bridgehead atoms. The van der Waals surface area contributed by atoms with Crippen LogP contribution in [0.2, 0.25) is 0 Å². The summed E-state index contributed by atoms with van der Waals surface area (Å²) in [4.78, 5) is 10.9. The van der Waals surface area contributed by atoms with Gasteiger partial charge in [0.25, 0.3) is 0 Å². The first kappa shape index (κ1) is 15.9. The van der Waals surface area contributed by atoms with E-state index >= 15 is 0 Å². The smallest absolute Gasteiger partial charge is 0.303 e. The van der Waals surface area contributed by atoms with Gasteiger partial charge in [-0.1, -0.05) is 18.2 Å². The Morgan fingerprint density at radius 2 is 1.96 bits per heavy atom. The summed E-state index contributed by atoms with van der Waals surface area (Å²) in [5, 5.41) is 19.9. The summed E-state index contributed by atoms with van der Waals surface area (Å²) in [6, 6.07) is 13.0. The number of aromatic hydroxyl groups is 1. The zero-order valence-corrected chi connectivity index (χ0v) is 13.4. The zero-order chi connectivity index (χ0) is 17.1. The average molecular weight is 325 g/mol. The minimum atomic E-state index is -0.820. The molecule has 0 aliphatic carbocycles. The molecule has 1 aromatic heterocycles. The van der Waals surface area contributed by atoms with E-state index in [1.807, 2.05) is 41.1 Å². The molecule has 3 rings (SSSR count). The maximum absolute atomic E-state index is 10.9. The monoisotopic (exact) mass is 325 g/mol. The van der Waals surface area contributed by atoms with Crippen LogP contribution >= 0.6 is 0 Å². The number of methoxy groups -OCH3 is 1. The van der Waals surface area contributed by atoms with E-state index in [1.165, 1.54) is 0 Å². The molecule has 0 amide bonds. The summed E-state index contributed by atoms with van der Waals surface area (Å²) in [7, 11) is 1.61. The molecule has 1 heterocycles. The molecule has 0 atom stereocenters. The fraction of sp³-hybridized carbons (Fsp3) is 0.211. The molecule has 3 aromatic rings. The Morgan fingerprint density at radius 1 is 1.17 bits per heavy atom. The third-order valence-electron chi connectivity index (χ3n) is 4.11. The van der Waals surface area contributed by atoms with Gasteiger partial charge in [-0.25, -0.2) is 0 Å². The maximum Gasteiger partial charge on any atom is 0.303 e. The molecule has 0 saturated carbocycles. The molecule has 24 heavy (non-hydrogen) atoms. The van der Waals surface area contributed by atoms with Gasteiger partial charge in [-0.05, 0) is 36.2 Å². The van der Waals surface area contributed by atoms with Crippen LogP contribution in [-0.2, 0) is 17.8 Å². The van der Waals surface area contributed by atoms with Crippen molar-refractivity contribution in [2.45, 2.75) is 19.4 Å². The number of aromatic nitrogens is 1. The number of aliphatic carboxylic acids is 1. The van der Waals surface area contributed by atoms with Gasteiger partial charge in [-0.3, -0.25) is 4.79 Å². The van der Waals surface area contributed by atoms with E-state index in [9.17, 15) is 9.90 Å². The molecule has 5 heteroatoms. The second-order valence-electron chi connectivity index (χ2n) is 5.69. The van der Waals surface area contributed by atoms with Gasteiger partial charge < -0.3 is 19.5 Å². The van der Waals surface area contributed by atoms with Crippen LogP contribution in [0, 0.1) is 0 Å². The molecule has 124 valence electrons. The largest absolute Gasteiger partial charge is 0.508 e. The first-order chi connectivity index (χ1) is 11.6. The Balaban J connectivity index is 2.04. The highest BCUT2D eigenvalue weighted by molar-refractivity contribution is 5.86. The van der Waals surface area contributed by atoms with Gasteiger partial charge >= 0.3 is 5.97 Å². The highest BCUT2D eigenvalue weighted by atomic mass is 16.5. The second kappa shape index (κ2) is 6.66. The third kappa shape index (κ3) is 3.20. The lowest BCUT2D eigenvalue weighted by Crippen LogP contribution is -1.99. The van der Waals surface area contributed by atoms with Crippen molar-refractivity contribution in [1.82, 2.24) is 4.57 Å². The lowest BCUT2D eigenvalue weighted by Gasteiger charge is -2.08. The predicted molar refractivity (Wildman–Crippen MR) is 91.7 cm³/mol. The summed E-state index contributed by atoms with van der Waals surface area (Å²) in [5.41, 5.74) is 2.76. The van der Waals surface area contributed by atoms with Gasteiger partial charge in [-0.2, -0.15) is 0 Å². The molecule has 0 radical (unpaired) electrons. The number of nitrogens with zero attached hydrogens (tertiary/aromatic N) is 1. The van der Waals surface area contributed by atoms with Crippen LogP contribution in [0.25, 0.3) is 10.9 Å². The number of para-hydroxylation sites is 1. The highest BCUT2D eigenvalue weighted by Gasteiger charge is 2.12. The Bertz CT molecular complexity index is 882. The van der Waals surface area contributed by atoms with E-state index in [4.69, 9.17) is 9.84 Å². The molecule has 2 aromatic carbocycles. The number of carboxylic acid groups (broad SMARTS) is 1. The van der Waals surface area contributed by atoms with E-state index in [1.54, 1.807) is 19.2 Å². The first-order valence-corrected chi connectivity index (χ1v) is 7.73. The number of carbonyl (C=O) groups is 1. The molecule has 0 fully saturated rings. The molecule has 0 aliphatic heterocycles. The van der Waals surface area contributed by atoms with Crippen LogP contribution in [0.4, 0.5) is 0 Å². The number of hydrogen-bond acceptors (Lipinski definition) is 3. The Labute approximate surface area is 139 Å². The van der Waals surface area contributed by atoms with Crippen molar-refractivity contribution in [3.05, 3.63) is 59.8 Å². The lowest BCUT2D eigenvalue weighted by atomic mass is 10.1. The molecule has 2 N–H and O–H groups in total. The average Bonchev–Trinajstić information content (AvgIpc) is 2.92. The zero-order valence-electron chi connectivity index (χ0n) is 13.4. The normalized spacial score (nSPS) is 10.9. The van der Waals surface area contributed by atoms with E-state index in [0.717, 1.165) is 27.8 Å². The topological polar surface area (TPSA) is 71.7 Å². The van der Waals surface area contributed by atoms with Crippen LogP contribution in [0.3, 0.4) is 0 Å². The fourth-order valence-electron chi connectivity index (χ4n) is 2.88. The number of phenolic OH excluding ortho intramolecular Hbond substituents is 1. The molecule has 0 aliphatic rings. The summed E-state index contributed by atoms with van der Waals surface area (Å²) in [5.74, 6) is 0.166. The summed E-state index contributed by atoms with van der Waals surface area (Å²) >= 11 is 0. The number of aryl methyl sites for hydroxylation is 1. The summed E-state index contributed by atoms with van der Waals surface area (Å²) in [6.45, 7) is 0.516. The van der Waals surface area contributed by atoms with Crippen molar-refractivity contribution in [1.29, 1.82) is 0 Å². The van der Waals surface area contributed by atoms with Crippen molar-refractivity contribution in [3.8, 4) is 11.5 Å². The van der Waals surface area contributed by atoms with Gasteiger partial charge in [0.1, 0.15) is 11.5 Å². The fourth-order valence-corrected chi connectivity index (χ4v) is 2.88. The number of ether oxygens (including phenoxy) is 1. The van der Waals surface area contributed by atoms with E-state index in [2.05, 4.69) is 0 Å². The number of fused-ring (bicyclic) bond motifs is 1. The highest BCUT2D eigenvalue weighted by Crippen LogP contribution is 2.28. The molecule has 0 spiro atoms. The lowest BCUT2D eigenvalue weighted by molar-refractivity contribution is -0.136. The van der Waals surface area contributed by atoms with Crippen molar-refractivity contribution in [2.24, 2.45) is 0 Å². The van der Waals surface area contributed by atoms with E-state index in [0.29, 0.717) is 13.0 Å². The predicted octanol–water partition coefficient (Wildman–Crippen LogP) is 3.42. The standard InChI is InChI=1S/C19H19NO4/c1-24-15-7-8-17-16(10-15)13(6-9-19(22)23)11-20(17)12-14-4-2-3-5-18(14)21/h2-5,7-8,10-11,21H,6,9,12H2,1H3,(H,22,23). The van der Waals surface area contributed by atoms with Crippen LogP contribution in [0.15, 0.2) is 48.7 Å². The number of benzene rings is 2. The van der Waals surface area contributed by atoms with Crippen molar-refractivity contribution in [2.75, 3.05) is 7.11 Å². The summed E-state index contributed by atoms with van der Waals surface area (Å²) < 4.78 is 7.31. The van der Waals surface area contributed by atoms with Crippen molar-refractivity contribution >= 4 is 16.9 Å². The van der Waals surface area contributed by atoms with Crippen molar-refractivity contribution in [3.63, 3.8) is 0 Å². The number of rotatable bonds is 6. The van der Waals surface area contributed by atoms with Crippen LogP contribution < -0.4 is 4.74 Å². The van der Waals surface area contributed by atoms with Crippen LogP contribution in [-0.4, -0.2) is 27.9 Å². The molecular weight excluding hydrogens is 306 g/mol. The van der Waals surface area contributed by atoms with Crippen molar-refractivity contribution < 1.29 is 19.7 Å². The number of carboxylic acids is 1. The third-order valence-corrected chi connectivity index (χ3v) is 4.11. The Kier molecular flexibility index (Phi) is 4.42. The SMILES string of the molecule is COc1ccc2c(c1)c(CCC(=O)O)cn2Cc1ccccc1O. The summed E-state index contributed by atoms with van der Waals surface area (Å²) in [6.07, 6.45) is 2.49. The minimum absolute atomic E-state index is 0.0763. The number of hydrogen-bond donors (Lipinski definition) is 2. The Morgan fingerprint density at radius 3 is 2.67 bits per heavy atom. The molecule has 0 saturated heterocycles. The van der Waals surface area contributed by atoms with Gasteiger partial charge in [0.2, 0.25) is 0 Å². The van der Waals surface area contributed by atoms with E-state index in [-0.39, 0.29) is 12.2 Å². The van der Waals surface area contributed by atoms with Gasteiger partial charge in [0.15, 0.2) is 0 Å².